The summed E-state index contributed by atoms with van der Waals surface area (Å²) < 4.78 is 17.5. The highest BCUT2D eigenvalue weighted by atomic mass is 16.5. The summed E-state index contributed by atoms with van der Waals surface area (Å²) in [5, 5.41) is 2.79. The third-order valence-electron chi connectivity index (χ3n) is 5.55. The van der Waals surface area contributed by atoms with E-state index >= 15 is 0 Å². The first-order valence-corrected chi connectivity index (χ1v) is 10.6. The predicted molar refractivity (Wildman–Crippen MR) is 127 cm³/mol. The number of aryl methyl sites for hydroxylation is 1. The molecule has 4 heteroatoms. The summed E-state index contributed by atoms with van der Waals surface area (Å²) in [6.45, 7) is 2.51. The van der Waals surface area contributed by atoms with E-state index in [1.54, 1.807) is 18.2 Å². The number of fused-ring (bicyclic) bond motifs is 2. The maximum Gasteiger partial charge on any atom is 0.235 e. The molecule has 0 amide bonds. The van der Waals surface area contributed by atoms with E-state index < -0.39 is 0 Å². The second-order valence-electron chi connectivity index (χ2n) is 7.61. The van der Waals surface area contributed by atoms with Crippen molar-refractivity contribution in [3.8, 4) is 17.2 Å². The van der Waals surface area contributed by atoms with Crippen LogP contribution in [0.5, 0.6) is 17.2 Å². The summed E-state index contributed by atoms with van der Waals surface area (Å²) in [4.78, 5) is 12.9. The van der Waals surface area contributed by atoms with Gasteiger partial charge in [0.2, 0.25) is 11.2 Å². The highest BCUT2D eigenvalue weighted by Crippen LogP contribution is 2.26. The van der Waals surface area contributed by atoms with Gasteiger partial charge in [-0.25, -0.2) is 0 Å². The predicted octanol–water partition coefficient (Wildman–Crippen LogP) is 6.88. The van der Waals surface area contributed by atoms with Crippen LogP contribution >= 0.6 is 0 Å². The molecule has 0 N–H and O–H groups in total. The summed E-state index contributed by atoms with van der Waals surface area (Å²) in [5.41, 5.74) is 2.55. The fourth-order valence-electron chi connectivity index (χ4n) is 3.75. The van der Waals surface area contributed by atoms with Crippen LogP contribution in [0.3, 0.4) is 0 Å². The quantitative estimate of drug-likeness (QED) is 0.299. The molecule has 1 heterocycles. The molecule has 0 aliphatic carbocycles. The molecule has 0 fully saturated rings. The molecule has 32 heavy (non-hydrogen) atoms. The average molecular weight is 422 g/mol. The summed E-state index contributed by atoms with van der Waals surface area (Å²) in [6.07, 6.45) is 2.30. The van der Waals surface area contributed by atoms with Crippen molar-refractivity contribution < 1.29 is 13.9 Å². The molecule has 0 radical (unpaired) electrons. The zero-order chi connectivity index (χ0) is 21.9. The van der Waals surface area contributed by atoms with Gasteiger partial charge in [0.25, 0.3) is 0 Å². The Morgan fingerprint density at radius 1 is 0.812 bits per heavy atom. The lowest BCUT2D eigenvalue weighted by Crippen LogP contribution is -2.05. The lowest BCUT2D eigenvalue weighted by Gasteiger charge is -2.10. The fraction of sp³-hybridized carbons (Fsp3) is 0.107. The summed E-state index contributed by atoms with van der Waals surface area (Å²) in [5.74, 6) is 1.40. The van der Waals surface area contributed by atoms with Crippen molar-refractivity contribution in [1.29, 1.82) is 0 Å². The Morgan fingerprint density at radius 3 is 2.44 bits per heavy atom. The summed E-state index contributed by atoms with van der Waals surface area (Å²) in [6, 6.07) is 27.3. The molecule has 0 saturated carbocycles. The van der Waals surface area contributed by atoms with Gasteiger partial charge in [-0.3, -0.25) is 4.79 Å². The van der Waals surface area contributed by atoms with Gasteiger partial charge in [-0.05, 0) is 52.6 Å². The number of hydrogen-bond donors (Lipinski definition) is 0. The van der Waals surface area contributed by atoms with E-state index in [-0.39, 0.29) is 11.2 Å². The van der Waals surface area contributed by atoms with Crippen LogP contribution < -0.4 is 14.9 Å². The molecule has 4 aromatic carbocycles. The van der Waals surface area contributed by atoms with E-state index in [0.29, 0.717) is 29.1 Å². The van der Waals surface area contributed by atoms with Crippen molar-refractivity contribution in [3.05, 3.63) is 113 Å². The molecule has 0 aliphatic rings. The minimum Gasteiger partial charge on any atom is -0.489 e. The number of rotatable bonds is 6. The van der Waals surface area contributed by atoms with Gasteiger partial charge in [-0.1, -0.05) is 61.5 Å². The zero-order valence-corrected chi connectivity index (χ0v) is 17.7. The van der Waals surface area contributed by atoms with Crippen molar-refractivity contribution in [2.24, 2.45) is 0 Å². The van der Waals surface area contributed by atoms with Gasteiger partial charge < -0.3 is 13.9 Å². The van der Waals surface area contributed by atoms with Crippen LogP contribution in [0.2, 0.25) is 0 Å². The van der Waals surface area contributed by atoms with Crippen molar-refractivity contribution in [3.63, 3.8) is 0 Å². The van der Waals surface area contributed by atoms with Crippen LogP contribution in [0.15, 0.2) is 100 Å². The third kappa shape index (κ3) is 3.95. The second-order valence-corrected chi connectivity index (χ2v) is 7.61. The van der Waals surface area contributed by atoms with E-state index in [1.165, 1.54) is 17.2 Å². The number of ether oxygens (including phenoxy) is 2. The lowest BCUT2D eigenvalue weighted by atomic mass is 10.1. The minimum absolute atomic E-state index is 0.158. The molecule has 0 saturated heterocycles. The van der Waals surface area contributed by atoms with Crippen molar-refractivity contribution in [2.45, 2.75) is 20.0 Å². The summed E-state index contributed by atoms with van der Waals surface area (Å²) >= 11 is 0. The Hall–Kier alpha value is -4.05. The third-order valence-corrected chi connectivity index (χ3v) is 5.55. The van der Waals surface area contributed by atoms with Crippen molar-refractivity contribution in [1.82, 2.24) is 0 Å². The minimum atomic E-state index is -0.216. The molecule has 1 aromatic heterocycles. The molecule has 158 valence electrons. The highest BCUT2D eigenvalue weighted by molar-refractivity contribution is 5.85. The van der Waals surface area contributed by atoms with Crippen LogP contribution in [0.1, 0.15) is 18.1 Å². The molecule has 5 rings (SSSR count). The van der Waals surface area contributed by atoms with Gasteiger partial charge in [-0.2, -0.15) is 0 Å². The van der Waals surface area contributed by atoms with Crippen LogP contribution in [0, 0.1) is 0 Å². The first-order chi connectivity index (χ1) is 15.7. The topological polar surface area (TPSA) is 48.7 Å². The first-order valence-electron chi connectivity index (χ1n) is 10.6. The van der Waals surface area contributed by atoms with Crippen LogP contribution in [-0.4, -0.2) is 0 Å². The molecule has 0 atom stereocenters. The van der Waals surface area contributed by atoms with Crippen molar-refractivity contribution in [2.75, 3.05) is 0 Å². The molecule has 0 aliphatic heterocycles. The molecule has 0 spiro atoms. The van der Waals surface area contributed by atoms with E-state index in [4.69, 9.17) is 13.9 Å². The lowest BCUT2D eigenvalue weighted by molar-refractivity contribution is 0.307. The van der Waals surface area contributed by atoms with E-state index in [2.05, 4.69) is 31.2 Å². The molecular weight excluding hydrogens is 400 g/mol. The SMILES string of the molecule is CCc1ccc(Oc2coc3cc(OCc4cccc5ccccc45)ccc3c2=O)cc1. The normalized spacial score (nSPS) is 11.0. The molecule has 0 bridgehead atoms. The Morgan fingerprint density at radius 2 is 1.59 bits per heavy atom. The van der Waals surface area contributed by atoms with E-state index in [1.807, 2.05) is 42.5 Å². The monoisotopic (exact) mass is 422 g/mol. The van der Waals surface area contributed by atoms with Gasteiger partial charge in [0, 0.05) is 6.07 Å². The Balaban J connectivity index is 1.37. The van der Waals surface area contributed by atoms with E-state index in [0.717, 1.165) is 17.4 Å². The molecular formula is C28H22O4. The van der Waals surface area contributed by atoms with Crippen molar-refractivity contribution >= 4 is 21.7 Å². The van der Waals surface area contributed by atoms with E-state index in [9.17, 15) is 4.79 Å². The smallest absolute Gasteiger partial charge is 0.235 e. The van der Waals surface area contributed by atoms with Crippen LogP contribution in [0.4, 0.5) is 0 Å². The molecule has 4 nitrogen and oxygen atoms in total. The van der Waals surface area contributed by atoms with Crippen LogP contribution in [-0.2, 0) is 13.0 Å². The van der Waals surface area contributed by atoms with Crippen LogP contribution in [0.25, 0.3) is 21.7 Å². The molecule has 0 unspecified atom stereocenters. The van der Waals surface area contributed by atoms with Gasteiger partial charge >= 0.3 is 0 Å². The van der Waals surface area contributed by atoms with Gasteiger partial charge in [-0.15, -0.1) is 0 Å². The first kappa shape index (κ1) is 19.9. The van der Waals surface area contributed by atoms with Gasteiger partial charge in [0.05, 0.1) is 5.39 Å². The van der Waals surface area contributed by atoms with Gasteiger partial charge in [0.1, 0.15) is 30.0 Å². The maximum absolute atomic E-state index is 12.9. The highest BCUT2D eigenvalue weighted by Gasteiger charge is 2.11. The Bertz CT molecular complexity index is 1440. The second kappa shape index (κ2) is 8.60. The summed E-state index contributed by atoms with van der Waals surface area (Å²) in [7, 11) is 0. The standard InChI is InChI=1S/C28H22O4/c1-2-19-10-12-22(13-11-19)32-27-18-31-26-16-23(14-15-25(26)28(27)29)30-17-21-8-5-7-20-6-3-4-9-24(20)21/h3-16,18H,2,17H2,1H3. The average Bonchev–Trinajstić information content (AvgIpc) is 2.85. The Labute approximate surface area is 185 Å². The molecule has 5 aromatic rings. The number of benzene rings is 4. The van der Waals surface area contributed by atoms with Gasteiger partial charge in [0.15, 0.2) is 0 Å². The number of hydrogen-bond acceptors (Lipinski definition) is 4. The fourth-order valence-corrected chi connectivity index (χ4v) is 3.75. The Kier molecular flexibility index (Phi) is 5.34. The largest absolute Gasteiger partial charge is 0.489 e. The maximum atomic E-state index is 12.9. The zero-order valence-electron chi connectivity index (χ0n) is 17.7.